The van der Waals surface area contributed by atoms with Crippen molar-refractivity contribution in [3.05, 3.63) is 0 Å². The zero-order valence-corrected chi connectivity index (χ0v) is 9.91. The van der Waals surface area contributed by atoms with Gasteiger partial charge in [0.05, 0.1) is 5.60 Å². The van der Waals surface area contributed by atoms with Crippen LogP contribution in [0, 0.1) is 0 Å². The molecular weight excluding hydrogens is 206 g/mol. The molecular formula is C11H21N3O2. The van der Waals surface area contributed by atoms with Gasteiger partial charge in [-0.1, -0.05) is 0 Å². The monoisotopic (exact) mass is 227 g/mol. The lowest BCUT2D eigenvalue weighted by Crippen LogP contribution is -2.45. The first-order valence-electron chi connectivity index (χ1n) is 6.04. The third-order valence-corrected chi connectivity index (χ3v) is 3.56. The molecule has 16 heavy (non-hydrogen) atoms. The molecule has 2 saturated heterocycles. The standard InChI is InChI=1S/C11H21N3O2/c1-11(16)2-5-13(6-3-11)8-9-14-7-4-12-10(14)15/h16H,2-9H2,1H3,(H,12,15). The number of rotatable bonds is 3. The fourth-order valence-electron chi connectivity index (χ4n) is 2.24. The van der Waals surface area contributed by atoms with E-state index < -0.39 is 5.60 Å². The SMILES string of the molecule is CC1(O)CCN(CCN2CCNC2=O)CC1. The molecule has 0 aromatic rings. The summed E-state index contributed by atoms with van der Waals surface area (Å²) in [7, 11) is 0. The van der Waals surface area contributed by atoms with Gasteiger partial charge in [-0.25, -0.2) is 4.79 Å². The number of likely N-dealkylation sites (tertiary alicyclic amines) is 1. The maximum atomic E-state index is 11.3. The van der Waals surface area contributed by atoms with Crippen molar-refractivity contribution in [2.45, 2.75) is 25.4 Å². The second-order valence-electron chi connectivity index (χ2n) is 5.06. The summed E-state index contributed by atoms with van der Waals surface area (Å²) < 4.78 is 0. The van der Waals surface area contributed by atoms with Gasteiger partial charge in [-0.3, -0.25) is 0 Å². The van der Waals surface area contributed by atoms with Crippen LogP contribution in [0.3, 0.4) is 0 Å². The Hall–Kier alpha value is -0.810. The van der Waals surface area contributed by atoms with E-state index in [1.807, 2.05) is 11.8 Å². The highest BCUT2D eigenvalue weighted by Crippen LogP contribution is 2.20. The average Bonchev–Trinajstić information content (AvgIpc) is 2.63. The summed E-state index contributed by atoms with van der Waals surface area (Å²) in [6.07, 6.45) is 1.67. The van der Waals surface area contributed by atoms with Crippen LogP contribution in [0.1, 0.15) is 19.8 Å². The van der Waals surface area contributed by atoms with Gasteiger partial charge in [-0.15, -0.1) is 0 Å². The predicted octanol–water partition coefficient (Wildman–Crippen LogP) is -0.142. The lowest BCUT2D eigenvalue weighted by molar-refractivity contribution is -0.00615. The Kier molecular flexibility index (Phi) is 3.35. The normalized spacial score (nSPS) is 25.9. The molecule has 0 unspecified atom stereocenters. The summed E-state index contributed by atoms with van der Waals surface area (Å²) in [5.41, 5.74) is -0.485. The maximum Gasteiger partial charge on any atom is 0.317 e. The Labute approximate surface area is 96.4 Å². The number of nitrogens with zero attached hydrogens (tertiary/aromatic N) is 2. The van der Waals surface area contributed by atoms with Gasteiger partial charge in [0.2, 0.25) is 0 Å². The molecule has 0 atom stereocenters. The van der Waals surface area contributed by atoms with Crippen LogP contribution in [-0.4, -0.2) is 65.8 Å². The molecule has 0 aliphatic carbocycles. The smallest absolute Gasteiger partial charge is 0.317 e. The summed E-state index contributed by atoms with van der Waals surface area (Å²) >= 11 is 0. The summed E-state index contributed by atoms with van der Waals surface area (Å²) in [5, 5.41) is 12.6. The van der Waals surface area contributed by atoms with Crippen LogP contribution < -0.4 is 5.32 Å². The molecule has 0 saturated carbocycles. The fraction of sp³-hybridized carbons (Fsp3) is 0.909. The molecule has 0 bridgehead atoms. The number of amides is 2. The largest absolute Gasteiger partial charge is 0.390 e. The van der Waals surface area contributed by atoms with Crippen LogP contribution in [0.15, 0.2) is 0 Å². The lowest BCUT2D eigenvalue weighted by atomic mass is 9.94. The van der Waals surface area contributed by atoms with Gasteiger partial charge in [0.15, 0.2) is 0 Å². The fourth-order valence-corrected chi connectivity index (χ4v) is 2.24. The number of carbonyl (C=O) groups is 1. The molecule has 0 aromatic carbocycles. The first-order chi connectivity index (χ1) is 7.57. The Morgan fingerprint density at radius 1 is 1.31 bits per heavy atom. The van der Waals surface area contributed by atoms with Crippen LogP contribution in [0.25, 0.3) is 0 Å². The molecule has 2 aliphatic rings. The van der Waals surface area contributed by atoms with Crippen LogP contribution >= 0.6 is 0 Å². The highest BCUT2D eigenvalue weighted by Gasteiger charge is 2.28. The first-order valence-corrected chi connectivity index (χ1v) is 6.04. The van der Waals surface area contributed by atoms with E-state index in [0.717, 1.165) is 52.1 Å². The van der Waals surface area contributed by atoms with Crippen LogP contribution in [-0.2, 0) is 0 Å². The van der Waals surface area contributed by atoms with Crippen molar-refractivity contribution in [3.63, 3.8) is 0 Å². The van der Waals surface area contributed by atoms with Gasteiger partial charge in [-0.2, -0.15) is 0 Å². The Morgan fingerprint density at radius 2 is 2.00 bits per heavy atom. The van der Waals surface area contributed by atoms with Gasteiger partial charge in [0.1, 0.15) is 0 Å². The Bertz CT molecular complexity index is 258. The van der Waals surface area contributed by atoms with E-state index in [0.29, 0.717) is 0 Å². The minimum atomic E-state index is -0.485. The van der Waals surface area contributed by atoms with Crippen molar-refractivity contribution in [1.82, 2.24) is 15.1 Å². The van der Waals surface area contributed by atoms with Gasteiger partial charge >= 0.3 is 6.03 Å². The van der Waals surface area contributed by atoms with E-state index in [1.165, 1.54) is 0 Å². The van der Waals surface area contributed by atoms with Crippen LogP contribution in [0.5, 0.6) is 0 Å². The number of nitrogens with one attached hydrogen (secondary N) is 1. The number of hydrogen-bond donors (Lipinski definition) is 2. The van der Waals surface area contributed by atoms with Gasteiger partial charge in [0.25, 0.3) is 0 Å². The van der Waals surface area contributed by atoms with E-state index in [4.69, 9.17) is 0 Å². The second kappa shape index (κ2) is 4.59. The van der Waals surface area contributed by atoms with E-state index >= 15 is 0 Å². The molecule has 92 valence electrons. The molecule has 0 radical (unpaired) electrons. The topological polar surface area (TPSA) is 55.8 Å². The molecule has 5 heteroatoms. The Morgan fingerprint density at radius 3 is 2.56 bits per heavy atom. The maximum absolute atomic E-state index is 11.3. The predicted molar refractivity (Wildman–Crippen MR) is 61.3 cm³/mol. The number of urea groups is 1. The minimum absolute atomic E-state index is 0.0593. The molecule has 2 rings (SSSR count). The number of carbonyl (C=O) groups excluding carboxylic acids is 1. The van der Waals surface area contributed by atoms with Gasteiger partial charge < -0.3 is 20.2 Å². The molecule has 0 spiro atoms. The molecule has 5 nitrogen and oxygen atoms in total. The molecule has 2 aliphatic heterocycles. The Balaban J connectivity index is 1.69. The van der Waals surface area contributed by atoms with Crippen molar-refractivity contribution >= 4 is 6.03 Å². The highest BCUT2D eigenvalue weighted by molar-refractivity contribution is 5.76. The summed E-state index contributed by atoms with van der Waals surface area (Å²) in [4.78, 5) is 15.5. The number of hydrogen-bond acceptors (Lipinski definition) is 3. The zero-order valence-electron chi connectivity index (χ0n) is 9.91. The van der Waals surface area contributed by atoms with Crippen molar-refractivity contribution in [2.75, 3.05) is 39.3 Å². The number of aliphatic hydroxyl groups is 1. The lowest BCUT2D eigenvalue weighted by Gasteiger charge is -2.36. The van der Waals surface area contributed by atoms with Crippen molar-refractivity contribution in [3.8, 4) is 0 Å². The second-order valence-corrected chi connectivity index (χ2v) is 5.06. The van der Waals surface area contributed by atoms with Crippen LogP contribution in [0.2, 0.25) is 0 Å². The zero-order chi connectivity index (χ0) is 11.6. The highest BCUT2D eigenvalue weighted by atomic mass is 16.3. The minimum Gasteiger partial charge on any atom is -0.390 e. The number of piperidine rings is 1. The van der Waals surface area contributed by atoms with Crippen molar-refractivity contribution in [2.24, 2.45) is 0 Å². The summed E-state index contributed by atoms with van der Waals surface area (Å²) in [5.74, 6) is 0. The van der Waals surface area contributed by atoms with Crippen molar-refractivity contribution < 1.29 is 9.90 Å². The first kappa shape index (κ1) is 11.7. The molecule has 2 heterocycles. The van der Waals surface area contributed by atoms with Gasteiger partial charge in [0, 0.05) is 39.3 Å². The third kappa shape index (κ3) is 2.86. The van der Waals surface area contributed by atoms with E-state index in [-0.39, 0.29) is 6.03 Å². The molecule has 0 aromatic heterocycles. The van der Waals surface area contributed by atoms with Gasteiger partial charge in [-0.05, 0) is 19.8 Å². The molecule has 2 N–H and O–H groups in total. The van der Waals surface area contributed by atoms with E-state index in [9.17, 15) is 9.90 Å². The quantitative estimate of drug-likeness (QED) is 0.705. The average molecular weight is 227 g/mol. The van der Waals surface area contributed by atoms with E-state index in [2.05, 4.69) is 10.2 Å². The third-order valence-electron chi connectivity index (χ3n) is 3.56. The summed E-state index contributed by atoms with van der Waals surface area (Å²) in [6, 6.07) is 0.0593. The van der Waals surface area contributed by atoms with E-state index in [1.54, 1.807) is 0 Å². The van der Waals surface area contributed by atoms with Crippen molar-refractivity contribution in [1.29, 1.82) is 0 Å². The molecule has 2 fully saturated rings. The molecule has 2 amide bonds. The van der Waals surface area contributed by atoms with Crippen LogP contribution in [0.4, 0.5) is 4.79 Å². The summed E-state index contributed by atoms with van der Waals surface area (Å²) in [6.45, 7) is 7.08.